The minimum atomic E-state index is -1.86. The number of hydrogen-bond donors (Lipinski definition) is 1. The van der Waals surface area contributed by atoms with E-state index >= 15 is 0 Å². The summed E-state index contributed by atoms with van der Waals surface area (Å²) < 4.78 is 11.8. The predicted octanol–water partition coefficient (Wildman–Crippen LogP) is 4.14. The summed E-state index contributed by atoms with van der Waals surface area (Å²) >= 11 is 0. The van der Waals surface area contributed by atoms with Crippen molar-refractivity contribution in [2.75, 3.05) is 6.61 Å². The summed E-state index contributed by atoms with van der Waals surface area (Å²) in [6, 6.07) is 9.91. The Morgan fingerprint density at radius 2 is 1.82 bits per heavy atom. The van der Waals surface area contributed by atoms with Crippen molar-refractivity contribution in [1.29, 1.82) is 0 Å². The molecule has 3 nitrogen and oxygen atoms in total. The van der Waals surface area contributed by atoms with E-state index in [2.05, 4.69) is 40.4 Å². The summed E-state index contributed by atoms with van der Waals surface area (Å²) in [7, 11) is -1.86. The Balaban J connectivity index is 2.51. The van der Waals surface area contributed by atoms with Gasteiger partial charge < -0.3 is 14.3 Å². The van der Waals surface area contributed by atoms with Gasteiger partial charge in [-0.3, -0.25) is 0 Å². The van der Waals surface area contributed by atoms with Gasteiger partial charge in [0.25, 0.3) is 0 Å². The molecule has 124 valence electrons. The monoisotopic (exact) mass is 322 g/mol. The quantitative estimate of drug-likeness (QED) is 0.577. The maximum atomic E-state index is 10.3. The molecule has 0 amide bonds. The molecule has 0 spiro atoms. The fraction of sp³-hybridized carbons (Fsp3) is 0.556. The zero-order valence-corrected chi connectivity index (χ0v) is 15.5. The van der Waals surface area contributed by atoms with Gasteiger partial charge in [0.05, 0.1) is 13.2 Å². The molecule has 1 aromatic carbocycles. The Kier molecular flexibility index (Phi) is 7.00. The normalized spacial score (nSPS) is 15.4. The van der Waals surface area contributed by atoms with Gasteiger partial charge >= 0.3 is 0 Å². The number of ether oxygens (including phenoxy) is 1. The first-order valence-electron chi connectivity index (χ1n) is 7.77. The molecular weight excluding hydrogens is 292 g/mol. The van der Waals surface area contributed by atoms with Crippen LogP contribution in [-0.2, 0) is 15.8 Å². The van der Waals surface area contributed by atoms with Gasteiger partial charge in [-0.2, -0.15) is 0 Å². The van der Waals surface area contributed by atoms with Gasteiger partial charge in [-0.15, -0.1) is 6.58 Å². The molecule has 0 aromatic heterocycles. The SMILES string of the molecule is C=C[C@H](OCc1ccccc1)[C@H](O)CO[Si](C)(C)C(C)(C)C. The van der Waals surface area contributed by atoms with E-state index in [-0.39, 0.29) is 11.6 Å². The van der Waals surface area contributed by atoms with Crippen LogP contribution in [0.5, 0.6) is 0 Å². The highest BCUT2D eigenvalue weighted by molar-refractivity contribution is 6.74. The van der Waals surface area contributed by atoms with E-state index in [1.165, 1.54) is 0 Å². The topological polar surface area (TPSA) is 38.7 Å². The van der Waals surface area contributed by atoms with Crippen LogP contribution in [0, 0.1) is 0 Å². The first-order valence-corrected chi connectivity index (χ1v) is 10.7. The maximum absolute atomic E-state index is 10.3. The molecular formula is C18H30O3Si. The van der Waals surface area contributed by atoms with Crippen molar-refractivity contribution in [2.24, 2.45) is 0 Å². The summed E-state index contributed by atoms with van der Waals surface area (Å²) in [6.45, 7) is 15.4. The van der Waals surface area contributed by atoms with Crippen LogP contribution in [0.15, 0.2) is 43.0 Å². The van der Waals surface area contributed by atoms with Crippen molar-refractivity contribution in [3.05, 3.63) is 48.6 Å². The molecule has 0 aliphatic carbocycles. The Bertz CT molecular complexity index is 451. The first-order chi connectivity index (χ1) is 10.2. The minimum Gasteiger partial charge on any atom is -0.414 e. The van der Waals surface area contributed by atoms with Crippen LogP contribution in [0.25, 0.3) is 0 Å². The lowest BCUT2D eigenvalue weighted by Crippen LogP contribution is -2.44. The average Bonchev–Trinajstić information content (AvgIpc) is 2.45. The summed E-state index contributed by atoms with van der Waals surface area (Å²) in [4.78, 5) is 0. The van der Waals surface area contributed by atoms with Crippen LogP contribution in [0.4, 0.5) is 0 Å². The van der Waals surface area contributed by atoms with Gasteiger partial charge in [0.15, 0.2) is 8.32 Å². The van der Waals surface area contributed by atoms with Gasteiger partial charge in [-0.25, -0.2) is 0 Å². The molecule has 0 fully saturated rings. The van der Waals surface area contributed by atoms with Crippen LogP contribution in [0.2, 0.25) is 18.1 Å². The zero-order valence-electron chi connectivity index (χ0n) is 14.5. The smallest absolute Gasteiger partial charge is 0.192 e. The molecule has 0 bridgehead atoms. The van der Waals surface area contributed by atoms with E-state index in [1.807, 2.05) is 30.3 Å². The lowest BCUT2D eigenvalue weighted by atomic mass is 10.2. The molecule has 1 N–H and O–H groups in total. The fourth-order valence-corrected chi connectivity index (χ4v) is 2.73. The van der Waals surface area contributed by atoms with Crippen LogP contribution in [0.3, 0.4) is 0 Å². The van der Waals surface area contributed by atoms with Crippen molar-refractivity contribution >= 4 is 8.32 Å². The Morgan fingerprint density at radius 1 is 1.23 bits per heavy atom. The van der Waals surface area contributed by atoms with E-state index in [9.17, 15) is 5.11 Å². The molecule has 22 heavy (non-hydrogen) atoms. The molecule has 0 aliphatic rings. The van der Waals surface area contributed by atoms with Crippen molar-refractivity contribution in [3.8, 4) is 0 Å². The zero-order chi connectivity index (χ0) is 16.8. The number of hydrogen-bond acceptors (Lipinski definition) is 3. The highest BCUT2D eigenvalue weighted by Crippen LogP contribution is 2.36. The highest BCUT2D eigenvalue weighted by Gasteiger charge is 2.37. The van der Waals surface area contributed by atoms with E-state index in [4.69, 9.17) is 9.16 Å². The molecule has 0 saturated heterocycles. The molecule has 1 aromatic rings. The average molecular weight is 323 g/mol. The number of aliphatic hydroxyl groups is 1. The van der Waals surface area contributed by atoms with Gasteiger partial charge in [-0.1, -0.05) is 57.2 Å². The molecule has 0 unspecified atom stereocenters. The molecule has 0 heterocycles. The summed E-state index contributed by atoms with van der Waals surface area (Å²) in [5.74, 6) is 0. The fourth-order valence-electron chi connectivity index (χ4n) is 1.71. The van der Waals surface area contributed by atoms with Gasteiger partial charge in [-0.05, 0) is 23.7 Å². The molecule has 1 rings (SSSR count). The lowest BCUT2D eigenvalue weighted by molar-refractivity contribution is -0.0380. The van der Waals surface area contributed by atoms with Crippen molar-refractivity contribution in [1.82, 2.24) is 0 Å². The van der Waals surface area contributed by atoms with Gasteiger partial charge in [0, 0.05) is 0 Å². The third-order valence-corrected chi connectivity index (χ3v) is 8.82. The standard InChI is InChI=1S/C18H30O3Si/c1-7-17(20-13-15-11-9-8-10-12-15)16(19)14-21-22(5,6)18(2,3)4/h7-12,16-17,19H,1,13-14H2,2-6H3/t16-,17+/m1/s1. The molecule has 4 heteroatoms. The Labute approximate surface area is 136 Å². The van der Waals surface area contributed by atoms with Crippen LogP contribution < -0.4 is 0 Å². The number of benzene rings is 1. The van der Waals surface area contributed by atoms with E-state index in [0.717, 1.165) is 5.56 Å². The second-order valence-corrected chi connectivity index (χ2v) is 11.9. The highest BCUT2D eigenvalue weighted by atomic mass is 28.4. The second-order valence-electron chi connectivity index (χ2n) is 7.14. The van der Waals surface area contributed by atoms with Crippen LogP contribution in [0.1, 0.15) is 26.3 Å². The van der Waals surface area contributed by atoms with E-state index < -0.39 is 20.5 Å². The van der Waals surface area contributed by atoms with Crippen LogP contribution in [-0.4, -0.2) is 32.2 Å². The predicted molar refractivity (Wildman–Crippen MR) is 94.4 cm³/mol. The first kappa shape index (κ1) is 19.1. The van der Waals surface area contributed by atoms with Crippen molar-refractivity contribution in [3.63, 3.8) is 0 Å². The molecule has 0 radical (unpaired) electrons. The molecule has 0 saturated carbocycles. The Morgan fingerprint density at radius 3 is 2.32 bits per heavy atom. The van der Waals surface area contributed by atoms with Crippen LogP contribution >= 0.6 is 0 Å². The van der Waals surface area contributed by atoms with E-state index in [1.54, 1.807) is 6.08 Å². The van der Waals surface area contributed by atoms with Crippen molar-refractivity contribution < 1.29 is 14.3 Å². The summed E-state index contributed by atoms with van der Waals surface area (Å²) in [5, 5.41) is 10.4. The second kappa shape index (κ2) is 8.06. The third kappa shape index (κ3) is 5.69. The Hall–Kier alpha value is -0.943. The summed E-state index contributed by atoms with van der Waals surface area (Å²) in [6.07, 6.45) is 0.517. The number of aliphatic hydroxyl groups excluding tert-OH is 1. The maximum Gasteiger partial charge on any atom is 0.192 e. The minimum absolute atomic E-state index is 0.126. The lowest BCUT2D eigenvalue weighted by Gasteiger charge is -2.37. The van der Waals surface area contributed by atoms with Gasteiger partial charge in [0.2, 0.25) is 0 Å². The third-order valence-electron chi connectivity index (χ3n) is 4.32. The van der Waals surface area contributed by atoms with Gasteiger partial charge in [0.1, 0.15) is 12.2 Å². The summed E-state index contributed by atoms with van der Waals surface area (Å²) in [5.41, 5.74) is 1.08. The molecule has 0 aliphatic heterocycles. The van der Waals surface area contributed by atoms with Crippen molar-refractivity contribution in [2.45, 2.75) is 57.7 Å². The molecule has 2 atom stereocenters. The van der Waals surface area contributed by atoms with E-state index in [0.29, 0.717) is 6.61 Å². The number of rotatable bonds is 8. The largest absolute Gasteiger partial charge is 0.414 e.